The van der Waals surface area contributed by atoms with Crippen molar-refractivity contribution in [3.05, 3.63) is 88.4 Å². The van der Waals surface area contributed by atoms with Crippen molar-refractivity contribution < 1.29 is 9.63 Å². The summed E-state index contributed by atoms with van der Waals surface area (Å²) in [6.07, 6.45) is 1.63. The number of carbonyl (C=O) groups excluding carboxylic acids is 1. The molecule has 0 saturated carbocycles. The standard InChI is InChI=1S/C23H23N3O2S/c1-16(22-24-13-14-29-22)26(2)23(27)20-15-19(25-28-20)21(17-9-5-3-6-10-17)18-11-7-4-8-12-18/h3-14,16,20-21H,15H2,1-2H3/t16-,20+/m0/s1. The highest BCUT2D eigenvalue weighted by atomic mass is 32.1. The Labute approximate surface area is 174 Å². The molecule has 0 N–H and O–H groups in total. The topological polar surface area (TPSA) is 54.8 Å². The molecule has 1 aliphatic heterocycles. The van der Waals surface area contributed by atoms with Gasteiger partial charge in [-0.05, 0) is 18.1 Å². The number of nitrogens with zero attached hydrogens (tertiary/aromatic N) is 3. The number of aromatic nitrogens is 1. The van der Waals surface area contributed by atoms with Crippen LogP contribution in [0.3, 0.4) is 0 Å². The molecule has 1 aromatic heterocycles. The van der Waals surface area contributed by atoms with E-state index in [0.29, 0.717) is 6.42 Å². The summed E-state index contributed by atoms with van der Waals surface area (Å²) in [5, 5.41) is 7.18. The van der Waals surface area contributed by atoms with Gasteiger partial charge >= 0.3 is 0 Å². The molecule has 0 unspecified atom stereocenters. The molecule has 0 radical (unpaired) electrons. The van der Waals surface area contributed by atoms with E-state index < -0.39 is 6.10 Å². The zero-order valence-electron chi connectivity index (χ0n) is 16.4. The lowest BCUT2D eigenvalue weighted by Gasteiger charge is -2.25. The molecular weight excluding hydrogens is 382 g/mol. The van der Waals surface area contributed by atoms with Crippen molar-refractivity contribution in [2.75, 3.05) is 7.05 Å². The maximum Gasteiger partial charge on any atom is 0.267 e. The number of amides is 1. The minimum Gasteiger partial charge on any atom is -0.382 e. The minimum absolute atomic E-state index is 0.0307. The molecule has 4 rings (SSSR count). The van der Waals surface area contributed by atoms with E-state index in [1.54, 1.807) is 29.5 Å². The van der Waals surface area contributed by atoms with Crippen molar-refractivity contribution in [1.29, 1.82) is 0 Å². The predicted octanol–water partition coefficient (Wildman–Crippen LogP) is 4.64. The van der Waals surface area contributed by atoms with Crippen LogP contribution in [0.2, 0.25) is 0 Å². The van der Waals surface area contributed by atoms with Gasteiger partial charge in [0.05, 0.1) is 17.7 Å². The van der Waals surface area contributed by atoms with E-state index in [1.807, 2.05) is 48.7 Å². The van der Waals surface area contributed by atoms with Crippen molar-refractivity contribution in [2.45, 2.75) is 31.4 Å². The smallest absolute Gasteiger partial charge is 0.267 e. The summed E-state index contributed by atoms with van der Waals surface area (Å²) in [7, 11) is 1.79. The Kier molecular flexibility index (Phi) is 5.71. The molecule has 0 fully saturated rings. The maximum absolute atomic E-state index is 13.0. The molecular formula is C23H23N3O2S. The van der Waals surface area contributed by atoms with Crippen LogP contribution < -0.4 is 0 Å². The normalized spacial score (nSPS) is 16.9. The number of oxime groups is 1. The van der Waals surface area contributed by atoms with Crippen LogP contribution in [-0.4, -0.2) is 34.7 Å². The third-order valence-corrected chi connectivity index (χ3v) is 6.25. The molecule has 29 heavy (non-hydrogen) atoms. The number of hydrogen-bond donors (Lipinski definition) is 0. The van der Waals surface area contributed by atoms with E-state index >= 15 is 0 Å². The van der Waals surface area contributed by atoms with Crippen LogP contribution in [0.1, 0.15) is 41.4 Å². The molecule has 148 valence electrons. The Bertz CT molecular complexity index is 934. The molecule has 2 heterocycles. The van der Waals surface area contributed by atoms with Gasteiger partial charge < -0.3 is 9.74 Å². The van der Waals surface area contributed by atoms with Gasteiger partial charge in [-0.2, -0.15) is 0 Å². The monoisotopic (exact) mass is 405 g/mol. The van der Waals surface area contributed by atoms with Crippen LogP contribution in [-0.2, 0) is 9.63 Å². The second kappa shape index (κ2) is 8.57. The van der Waals surface area contributed by atoms with Gasteiger partial charge in [-0.15, -0.1) is 11.3 Å². The second-order valence-electron chi connectivity index (χ2n) is 7.13. The predicted molar refractivity (Wildman–Crippen MR) is 115 cm³/mol. The zero-order valence-corrected chi connectivity index (χ0v) is 17.3. The molecule has 1 amide bonds. The highest BCUT2D eigenvalue weighted by Crippen LogP contribution is 2.32. The van der Waals surface area contributed by atoms with Crippen molar-refractivity contribution in [3.63, 3.8) is 0 Å². The van der Waals surface area contributed by atoms with Crippen molar-refractivity contribution >= 4 is 23.0 Å². The van der Waals surface area contributed by atoms with Crippen LogP contribution in [0.4, 0.5) is 0 Å². The summed E-state index contributed by atoms with van der Waals surface area (Å²) < 4.78 is 0. The first-order chi connectivity index (χ1) is 14.1. The second-order valence-corrected chi connectivity index (χ2v) is 8.06. The van der Waals surface area contributed by atoms with Crippen LogP contribution in [0.15, 0.2) is 77.4 Å². The van der Waals surface area contributed by atoms with Gasteiger partial charge in [-0.1, -0.05) is 65.8 Å². The fraction of sp³-hybridized carbons (Fsp3) is 0.261. The van der Waals surface area contributed by atoms with Gasteiger partial charge in [0.1, 0.15) is 5.01 Å². The van der Waals surface area contributed by atoms with E-state index in [4.69, 9.17) is 4.84 Å². The van der Waals surface area contributed by atoms with E-state index in [0.717, 1.165) is 21.8 Å². The van der Waals surface area contributed by atoms with E-state index in [9.17, 15) is 4.79 Å². The molecule has 2 atom stereocenters. The third-order valence-electron chi connectivity index (χ3n) is 5.30. The van der Waals surface area contributed by atoms with Crippen LogP contribution >= 0.6 is 11.3 Å². The van der Waals surface area contributed by atoms with Gasteiger partial charge in [0, 0.05) is 25.0 Å². The SMILES string of the molecule is C[C@@H](c1nccs1)N(C)C(=O)[C@H]1CC(C(c2ccccc2)c2ccccc2)=NO1. The summed E-state index contributed by atoms with van der Waals surface area (Å²) in [6, 6.07) is 20.3. The number of carbonyl (C=O) groups is 1. The molecule has 0 bridgehead atoms. The Morgan fingerprint density at radius 2 is 1.72 bits per heavy atom. The highest BCUT2D eigenvalue weighted by molar-refractivity contribution is 7.09. The van der Waals surface area contributed by atoms with Gasteiger partial charge in [-0.25, -0.2) is 4.98 Å². The van der Waals surface area contributed by atoms with Gasteiger partial charge in [0.15, 0.2) is 0 Å². The molecule has 0 spiro atoms. The first-order valence-corrected chi connectivity index (χ1v) is 10.5. The Balaban J connectivity index is 1.53. The molecule has 3 aromatic rings. The number of rotatable bonds is 6. The first kappa shape index (κ1) is 19.3. The fourth-order valence-electron chi connectivity index (χ4n) is 3.59. The van der Waals surface area contributed by atoms with E-state index in [1.165, 1.54) is 0 Å². The summed E-state index contributed by atoms with van der Waals surface area (Å²) in [4.78, 5) is 24.7. The van der Waals surface area contributed by atoms with Crippen LogP contribution in [0, 0.1) is 0 Å². The zero-order chi connectivity index (χ0) is 20.2. The lowest BCUT2D eigenvalue weighted by molar-refractivity contribution is -0.142. The minimum atomic E-state index is -0.604. The first-order valence-electron chi connectivity index (χ1n) is 9.63. The summed E-state index contributed by atoms with van der Waals surface area (Å²) in [6.45, 7) is 1.98. The lowest BCUT2D eigenvalue weighted by atomic mass is 9.85. The van der Waals surface area contributed by atoms with Crippen LogP contribution in [0.25, 0.3) is 0 Å². The molecule has 1 aliphatic rings. The number of benzene rings is 2. The third kappa shape index (κ3) is 4.07. The van der Waals surface area contributed by atoms with Gasteiger partial charge in [0.2, 0.25) is 6.10 Å². The molecule has 5 nitrogen and oxygen atoms in total. The molecule has 0 aliphatic carbocycles. The molecule has 6 heteroatoms. The highest BCUT2D eigenvalue weighted by Gasteiger charge is 2.36. The van der Waals surface area contributed by atoms with Crippen molar-refractivity contribution in [2.24, 2.45) is 5.16 Å². The Hall–Kier alpha value is -2.99. The number of hydrogen-bond acceptors (Lipinski definition) is 5. The fourth-order valence-corrected chi connectivity index (χ4v) is 4.33. The lowest BCUT2D eigenvalue weighted by Crippen LogP contribution is -2.38. The van der Waals surface area contributed by atoms with E-state index in [2.05, 4.69) is 34.4 Å². The van der Waals surface area contributed by atoms with Crippen molar-refractivity contribution in [1.82, 2.24) is 9.88 Å². The maximum atomic E-state index is 13.0. The van der Waals surface area contributed by atoms with Crippen LogP contribution in [0.5, 0.6) is 0 Å². The Morgan fingerprint density at radius 1 is 1.10 bits per heavy atom. The molecule has 0 saturated heterocycles. The summed E-state index contributed by atoms with van der Waals surface area (Å²) in [5.41, 5.74) is 3.15. The van der Waals surface area contributed by atoms with Gasteiger partial charge in [0.25, 0.3) is 5.91 Å². The summed E-state index contributed by atoms with van der Waals surface area (Å²) >= 11 is 1.54. The van der Waals surface area contributed by atoms with Crippen molar-refractivity contribution in [3.8, 4) is 0 Å². The average molecular weight is 406 g/mol. The molecule has 2 aromatic carbocycles. The number of thiazole rings is 1. The Morgan fingerprint density at radius 3 is 2.28 bits per heavy atom. The quantitative estimate of drug-likeness (QED) is 0.600. The van der Waals surface area contributed by atoms with Gasteiger partial charge in [-0.3, -0.25) is 4.79 Å². The number of likely N-dealkylation sites (N-methyl/N-ethyl adjacent to an activating group) is 1. The average Bonchev–Trinajstić information content (AvgIpc) is 3.47. The summed E-state index contributed by atoms with van der Waals surface area (Å²) in [5.74, 6) is -0.108. The largest absolute Gasteiger partial charge is 0.382 e. The van der Waals surface area contributed by atoms with E-state index in [-0.39, 0.29) is 17.9 Å².